The van der Waals surface area contributed by atoms with Gasteiger partial charge < -0.3 is 19.5 Å². The van der Waals surface area contributed by atoms with Crippen LogP contribution in [0.5, 0.6) is 11.5 Å². The van der Waals surface area contributed by atoms with Crippen LogP contribution in [0.3, 0.4) is 0 Å². The molecule has 0 bridgehead atoms. The first-order valence-electron chi connectivity index (χ1n) is 10.2. The van der Waals surface area contributed by atoms with Crippen LogP contribution in [0, 0.1) is 6.92 Å². The summed E-state index contributed by atoms with van der Waals surface area (Å²) in [4.78, 5) is 30.5. The fourth-order valence-electron chi connectivity index (χ4n) is 3.41. The van der Waals surface area contributed by atoms with Crippen molar-refractivity contribution in [1.82, 2.24) is 9.88 Å². The largest absolute Gasteiger partial charge is 0.496 e. The number of methoxy groups -OCH3 is 2. The summed E-state index contributed by atoms with van der Waals surface area (Å²) in [6.45, 7) is 2.59. The number of hydrogen-bond acceptors (Lipinski definition) is 6. The van der Waals surface area contributed by atoms with E-state index in [1.165, 1.54) is 22.3 Å². The molecule has 0 radical (unpaired) electrons. The van der Waals surface area contributed by atoms with Crippen molar-refractivity contribution < 1.29 is 24.2 Å². The number of carboxylic acid groups (broad SMARTS) is 1. The molecule has 7 nitrogen and oxygen atoms in total. The SMILES string of the molecule is COc1cc(C(=O)N(CCCc2ccccc2)Cc2nc(C(=O)O)cs2)cc(OC)c1C. The number of ether oxygens (including phenoxy) is 2. The number of nitrogens with zero attached hydrogens (tertiary/aromatic N) is 2. The molecule has 2 aromatic carbocycles. The predicted molar refractivity (Wildman–Crippen MR) is 123 cm³/mol. The summed E-state index contributed by atoms with van der Waals surface area (Å²) in [5.74, 6) is -0.136. The van der Waals surface area contributed by atoms with Gasteiger partial charge in [-0.05, 0) is 37.5 Å². The number of benzene rings is 2. The van der Waals surface area contributed by atoms with Crippen LogP contribution in [0.2, 0.25) is 0 Å². The Hall–Kier alpha value is -3.39. The summed E-state index contributed by atoms with van der Waals surface area (Å²) in [7, 11) is 3.10. The van der Waals surface area contributed by atoms with Gasteiger partial charge in [0.25, 0.3) is 5.91 Å². The predicted octanol–water partition coefficient (Wildman–Crippen LogP) is 4.44. The third kappa shape index (κ3) is 5.64. The second kappa shape index (κ2) is 10.8. The molecule has 0 unspecified atom stereocenters. The molecule has 0 aliphatic carbocycles. The first-order valence-corrected chi connectivity index (χ1v) is 11.0. The van der Waals surface area contributed by atoms with E-state index in [2.05, 4.69) is 17.1 Å². The Bertz CT molecular complexity index is 1060. The molecule has 3 aromatic rings. The fraction of sp³-hybridized carbons (Fsp3) is 0.292. The van der Waals surface area contributed by atoms with Gasteiger partial charge in [0.05, 0.1) is 20.8 Å². The second-order valence-corrected chi connectivity index (χ2v) is 8.20. The third-order valence-electron chi connectivity index (χ3n) is 5.12. The van der Waals surface area contributed by atoms with E-state index in [1.54, 1.807) is 31.3 Å². The molecule has 0 saturated heterocycles. The minimum atomic E-state index is -1.08. The fourth-order valence-corrected chi connectivity index (χ4v) is 4.19. The number of aryl methyl sites for hydroxylation is 1. The highest BCUT2D eigenvalue weighted by Gasteiger charge is 2.21. The molecule has 0 saturated carbocycles. The second-order valence-electron chi connectivity index (χ2n) is 7.25. The molecule has 168 valence electrons. The third-order valence-corrected chi connectivity index (χ3v) is 5.95. The summed E-state index contributed by atoms with van der Waals surface area (Å²) < 4.78 is 10.8. The Morgan fingerprint density at radius 3 is 2.31 bits per heavy atom. The van der Waals surface area contributed by atoms with Crippen molar-refractivity contribution >= 4 is 23.2 Å². The molecule has 0 aliphatic rings. The number of amides is 1. The van der Waals surface area contributed by atoms with Crippen molar-refractivity contribution in [2.45, 2.75) is 26.3 Å². The molecule has 8 heteroatoms. The van der Waals surface area contributed by atoms with Gasteiger partial charge in [0.1, 0.15) is 16.5 Å². The number of carbonyl (C=O) groups excluding carboxylic acids is 1. The lowest BCUT2D eigenvalue weighted by Crippen LogP contribution is -2.32. The number of aromatic carboxylic acids is 1. The Kier molecular flexibility index (Phi) is 7.83. The van der Waals surface area contributed by atoms with E-state index in [9.17, 15) is 9.59 Å². The summed E-state index contributed by atoms with van der Waals surface area (Å²) >= 11 is 1.23. The number of carboxylic acids is 1. The highest BCUT2D eigenvalue weighted by atomic mass is 32.1. The zero-order valence-electron chi connectivity index (χ0n) is 18.3. The molecule has 1 aromatic heterocycles. The maximum absolute atomic E-state index is 13.5. The molecule has 0 spiro atoms. The first-order chi connectivity index (χ1) is 15.4. The Morgan fingerprint density at radius 1 is 1.09 bits per heavy atom. The highest BCUT2D eigenvalue weighted by Crippen LogP contribution is 2.30. The highest BCUT2D eigenvalue weighted by molar-refractivity contribution is 7.09. The quantitative estimate of drug-likeness (QED) is 0.487. The van der Waals surface area contributed by atoms with Crippen LogP contribution in [0.1, 0.15) is 43.4 Å². The smallest absolute Gasteiger partial charge is 0.355 e. The van der Waals surface area contributed by atoms with E-state index >= 15 is 0 Å². The summed E-state index contributed by atoms with van der Waals surface area (Å²) in [6, 6.07) is 13.5. The van der Waals surface area contributed by atoms with Crippen molar-refractivity contribution in [3.63, 3.8) is 0 Å². The zero-order chi connectivity index (χ0) is 23.1. The molecule has 1 amide bonds. The van der Waals surface area contributed by atoms with Gasteiger partial charge >= 0.3 is 5.97 Å². The lowest BCUT2D eigenvalue weighted by molar-refractivity contribution is 0.0691. The van der Waals surface area contributed by atoms with Crippen molar-refractivity contribution in [1.29, 1.82) is 0 Å². The van der Waals surface area contributed by atoms with E-state index < -0.39 is 5.97 Å². The number of aromatic nitrogens is 1. The lowest BCUT2D eigenvalue weighted by atomic mass is 10.1. The van der Waals surface area contributed by atoms with Crippen LogP contribution >= 0.6 is 11.3 Å². The van der Waals surface area contributed by atoms with E-state index in [-0.39, 0.29) is 18.1 Å². The number of hydrogen-bond donors (Lipinski definition) is 1. The topological polar surface area (TPSA) is 89.0 Å². The maximum atomic E-state index is 13.5. The van der Waals surface area contributed by atoms with Crippen molar-refractivity contribution in [3.05, 3.63) is 75.2 Å². The number of carbonyl (C=O) groups is 2. The summed E-state index contributed by atoms with van der Waals surface area (Å²) in [6.07, 6.45) is 1.58. The number of thiazole rings is 1. The standard InChI is InChI=1S/C24H26N2O5S/c1-16-20(30-2)12-18(13-21(16)31-3)23(27)26(11-7-10-17-8-5-4-6-9-17)14-22-25-19(15-32-22)24(28)29/h4-6,8-9,12-13,15H,7,10-11,14H2,1-3H3,(H,28,29). The van der Waals surface area contributed by atoms with E-state index in [1.807, 2.05) is 25.1 Å². The molecule has 0 atom stereocenters. The molecule has 0 aliphatic heterocycles. The first kappa shape index (κ1) is 23.3. The van der Waals surface area contributed by atoms with Gasteiger partial charge in [0, 0.05) is 23.1 Å². The average molecular weight is 455 g/mol. The van der Waals surface area contributed by atoms with Crippen molar-refractivity contribution in [3.8, 4) is 11.5 Å². The molecular formula is C24H26N2O5S. The Balaban J connectivity index is 1.84. The molecule has 1 heterocycles. The summed E-state index contributed by atoms with van der Waals surface area (Å²) in [5.41, 5.74) is 2.44. The van der Waals surface area contributed by atoms with Crippen LogP contribution in [0.4, 0.5) is 0 Å². The van der Waals surface area contributed by atoms with Gasteiger partial charge in [0.2, 0.25) is 0 Å². The molecule has 0 fully saturated rings. The zero-order valence-corrected chi connectivity index (χ0v) is 19.1. The van der Waals surface area contributed by atoms with Crippen LogP contribution < -0.4 is 9.47 Å². The van der Waals surface area contributed by atoms with Gasteiger partial charge in [-0.3, -0.25) is 4.79 Å². The minimum absolute atomic E-state index is 0.0136. The van der Waals surface area contributed by atoms with E-state index in [0.29, 0.717) is 28.6 Å². The summed E-state index contributed by atoms with van der Waals surface area (Å²) in [5, 5.41) is 11.2. The van der Waals surface area contributed by atoms with Crippen LogP contribution in [0.15, 0.2) is 47.8 Å². The number of rotatable bonds is 10. The average Bonchev–Trinajstić information content (AvgIpc) is 3.28. The van der Waals surface area contributed by atoms with Gasteiger partial charge in [-0.2, -0.15) is 0 Å². The van der Waals surface area contributed by atoms with Crippen molar-refractivity contribution in [2.75, 3.05) is 20.8 Å². The molecule has 32 heavy (non-hydrogen) atoms. The van der Waals surface area contributed by atoms with E-state index in [4.69, 9.17) is 14.6 Å². The Labute approximate surface area is 191 Å². The molecule has 3 rings (SSSR count). The maximum Gasteiger partial charge on any atom is 0.355 e. The minimum Gasteiger partial charge on any atom is -0.496 e. The van der Waals surface area contributed by atoms with Crippen LogP contribution in [-0.2, 0) is 13.0 Å². The van der Waals surface area contributed by atoms with Gasteiger partial charge in [-0.1, -0.05) is 30.3 Å². The van der Waals surface area contributed by atoms with Crippen LogP contribution in [0.25, 0.3) is 0 Å². The van der Waals surface area contributed by atoms with E-state index in [0.717, 1.165) is 18.4 Å². The Morgan fingerprint density at radius 2 is 1.75 bits per heavy atom. The van der Waals surface area contributed by atoms with Crippen molar-refractivity contribution in [2.24, 2.45) is 0 Å². The van der Waals surface area contributed by atoms with Gasteiger partial charge in [0.15, 0.2) is 5.69 Å². The molecule has 1 N–H and O–H groups in total. The lowest BCUT2D eigenvalue weighted by Gasteiger charge is -2.23. The normalized spacial score (nSPS) is 10.6. The van der Waals surface area contributed by atoms with Crippen LogP contribution in [-0.4, -0.2) is 47.6 Å². The van der Waals surface area contributed by atoms with Gasteiger partial charge in [-0.15, -0.1) is 11.3 Å². The van der Waals surface area contributed by atoms with Gasteiger partial charge in [-0.25, -0.2) is 9.78 Å². The molecular weight excluding hydrogens is 428 g/mol. The monoisotopic (exact) mass is 454 g/mol.